The van der Waals surface area contributed by atoms with Crippen LogP contribution in [0.4, 0.5) is 5.00 Å². The first-order valence-electron chi connectivity index (χ1n) is 9.51. The number of methoxy groups -OCH3 is 1. The molecule has 9 heteroatoms. The van der Waals surface area contributed by atoms with Gasteiger partial charge in [0, 0.05) is 16.8 Å². The Hall–Kier alpha value is -2.23. The molecule has 3 rings (SSSR count). The van der Waals surface area contributed by atoms with Crippen LogP contribution in [-0.2, 0) is 14.3 Å². The van der Waals surface area contributed by atoms with E-state index in [0.717, 1.165) is 43.2 Å². The Morgan fingerprint density at radius 3 is 2.66 bits per heavy atom. The molecule has 1 unspecified atom stereocenters. The molecule has 29 heavy (non-hydrogen) atoms. The Morgan fingerprint density at radius 1 is 1.24 bits per heavy atom. The lowest BCUT2D eigenvalue weighted by atomic mass is 9.97. The molecule has 3 heterocycles. The van der Waals surface area contributed by atoms with Crippen LogP contribution in [0, 0.1) is 5.92 Å². The molecule has 2 N–H and O–H groups in total. The maximum atomic E-state index is 12.3. The van der Waals surface area contributed by atoms with Crippen molar-refractivity contribution in [3.63, 3.8) is 0 Å². The summed E-state index contributed by atoms with van der Waals surface area (Å²) in [5.41, 5.74) is 0.338. The van der Waals surface area contributed by atoms with Crippen molar-refractivity contribution in [2.24, 2.45) is 5.92 Å². The number of anilines is 1. The monoisotopic (exact) mass is 435 g/mol. The van der Waals surface area contributed by atoms with Gasteiger partial charge in [0.05, 0.1) is 23.7 Å². The summed E-state index contributed by atoms with van der Waals surface area (Å²) < 4.78 is 4.64. The number of amides is 2. The molecule has 156 valence electrons. The van der Waals surface area contributed by atoms with E-state index in [9.17, 15) is 14.4 Å². The number of rotatable bonds is 6. The highest BCUT2D eigenvalue weighted by molar-refractivity contribution is 7.14. The van der Waals surface area contributed by atoms with Crippen molar-refractivity contribution in [1.29, 1.82) is 0 Å². The third-order valence-electron chi connectivity index (χ3n) is 5.05. The third-order valence-corrected chi connectivity index (χ3v) is 6.87. The van der Waals surface area contributed by atoms with Gasteiger partial charge in [0.15, 0.2) is 0 Å². The van der Waals surface area contributed by atoms with Gasteiger partial charge >= 0.3 is 17.8 Å². The number of ether oxygens (including phenoxy) is 1. The van der Waals surface area contributed by atoms with E-state index >= 15 is 0 Å². The first-order chi connectivity index (χ1) is 14.0. The quantitative estimate of drug-likeness (QED) is 0.538. The summed E-state index contributed by atoms with van der Waals surface area (Å²) in [6.45, 7) is 4.60. The Labute approximate surface area is 178 Å². The second kappa shape index (κ2) is 10.00. The van der Waals surface area contributed by atoms with E-state index in [1.165, 1.54) is 18.1 Å². The molecule has 1 aliphatic rings. The zero-order valence-corrected chi connectivity index (χ0v) is 18.1. The predicted molar refractivity (Wildman–Crippen MR) is 114 cm³/mol. The Balaban J connectivity index is 1.57. The minimum atomic E-state index is -0.750. The second-order valence-electron chi connectivity index (χ2n) is 7.11. The fraction of sp³-hybridized carbons (Fsp3) is 0.450. The van der Waals surface area contributed by atoms with Gasteiger partial charge in [0.25, 0.3) is 0 Å². The fourth-order valence-corrected chi connectivity index (χ4v) is 4.92. The highest BCUT2D eigenvalue weighted by atomic mass is 32.1. The zero-order valence-electron chi connectivity index (χ0n) is 16.5. The van der Waals surface area contributed by atoms with Crippen molar-refractivity contribution in [1.82, 2.24) is 10.2 Å². The van der Waals surface area contributed by atoms with Gasteiger partial charge in [-0.1, -0.05) is 13.0 Å². The van der Waals surface area contributed by atoms with Gasteiger partial charge in [0.1, 0.15) is 0 Å². The van der Waals surface area contributed by atoms with Gasteiger partial charge in [-0.2, -0.15) is 0 Å². The van der Waals surface area contributed by atoms with Crippen LogP contribution >= 0.6 is 22.7 Å². The average molecular weight is 436 g/mol. The number of nitrogens with one attached hydrogen (secondary N) is 2. The van der Waals surface area contributed by atoms with Gasteiger partial charge in [-0.25, -0.2) is 4.79 Å². The van der Waals surface area contributed by atoms with E-state index in [4.69, 9.17) is 0 Å². The summed E-state index contributed by atoms with van der Waals surface area (Å²) in [5.74, 6) is -1.21. The number of carbonyl (C=O) groups is 3. The molecule has 1 fully saturated rings. The maximum Gasteiger partial charge on any atom is 0.338 e. The van der Waals surface area contributed by atoms with Crippen LogP contribution in [0.2, 0.25) is 0 Å². The smallest absolute Gasteiger partial charge is 0.338 e. The molecule has 1 saturated heterocycles. The molecular weight excluding hydrogens is 410 g/mol. The normalized spacial score (nSPS) is 16.2. The number of nitrogens with zero attached hydrogens (tertiary/aromatic N) is 1. The number of likely N-dealkylation sites (tertiary alicyclic amines) is 1. The molecule has 0 bridgehead atoms. The molecule has 2 amide bonds. The first-order valence-corrected chi connectivity index (χ1v) is 11.3. The van der Waals surface area contributed by atoms with Crippen LogP contribution in [0.3, 0.4) is 0 Å². The summed E-state index contributed by atoms with van der Waals surface area (Å²) >= 11 is 2.83. The summed E-state index contributed by atoms with van der Waals surface area (Å²) in [7, 11) is 1.29. The lowest BCUT2D eigenvalue weighted by Crippen LogP contribution is -2.44. The highest BCUT2D eigenvalue weighted by Crippen LogP contribution is 2.29. The van der Waals surface area contributed by atoms with Gasteiger partial charge in [-0.05, 0) is 49.4 Å². The summed E-state index contributed by atoms with van der Waals surface area (Å²) in [5, 5.41) is 9.32. The lowest BCUT2D eigenvalue weighted by Gasteiger charge is -2.36. The van der Waals surface area contributed by atoms with Crippen LogP contribution in [0.5, 0.6) is 0 Å². The number of thiophene rings is 2. The number of hydrogen-bond acceptors (Lipinski definition) is 7. The Morgan fingerprint density at radius 2 is 2.00 bits per heavy atom. The SMILES string of the molecule is COC(=O)c1csc(NC(=O)C(=O)NCC(c2cccs2)N2CCC(C)CC2)c1. The van der Waals surface area contributed by atoms with E-state index in [0.29, 0.717) is 17.1 Å². The molecule has 0 spiro atoms. The van der Waals surface area contributed by atoms with Crippen molar-refractivity contribution >= 4 is 45.5 Å². The van der Waals surface area contributed by atoms with Crippen LogP contribution < -0.4 is 10.6 Å². The largest absolute Gasteiger partial charge is 0.465 e. The second-order valence-corrected chi connectivity index (χ2v) is 9.00. The van der Waals surface area contributed by atoms with E-state index < -0.39 is 17.8 Å². The molecule has 0 aromatic carbocycles. The fourth-order valence-electron chi connectivity index (χ4n) is 3.30. The lowest BCUT2D eigenvalue weighted by molar-refractivity contribution is -0.136. The molecule has 0 radical (unpaired) electrons. The van der Waals surface area contributed by atoms with Crippen molar-refractivity contribution < 1.29 is 19.1 Å². The molecule has 1 aliphatic heterocycles. The van der Waals surface area contributed by atoms with Crippen molar-refractivity contribution in [3.8, 4) is 0 Å². The van der Waals surface area contributed by atoms with Gasteiger partial charge < -0.3 is 15.4 Å². The molecule has 0 aliphatic carbocycles. The number of esters is 1. The van der Waals surface area contributed by atoms with Gasteiger partial charge in [-0.3, -0.25) is 14.5 Å². The van der Waals surface area contributed by atoms with E-state index in [1.54, 1.807) is 16.7 Å². The van der Waals surface area contributed by atoms with E-state index in [-0.39, 0.29) is 6.04 Å². The summed E-state index contributed by atoms with van der Waals surface area (Å²) in [4.78, 5) is 39.6. The van der Waals surface area contributed by atoms with Crippen molar-refractivity contribution in [2.45, 2.75) is 25.8 Å². The number of carbonyl (C=O) groups excluding carboxylic acids is 3. The van der Waals surface area contributed by atoms with E-state index in [2.05, 4.69) is 33.3 Å². The number of piperidine rings is 1. The molecule has 2 aromatic heterocycles. The predicted octanol–water partition coefficient (Wildman–Crippen LogP) is 3.12. The van der Waals surface area contributed by atoms with E-state index in [1.807, 2.05) is 11.4 Å². The highest BCUT2D eigenvalue weighted by Gasteiger charge is 2.26. The first kappa shape index (κ1) is 21.5. The maximum absolute atomic E-state index is 12.3. The molecular formula is C20H25N3O4S2. The molecule has 0 saturated carbocycles. The van der Waals surface area contributed by atoms with Crippen LogP contribution in [-0.4, -0.2) is 49.4 Å². The van der Waals surface area contributed by atoms with Crippen LogP contribution in [0.25, 0.3) is 0 Å². The summed E-state index contributed by atoms with van der Waals surface area (Å²) in [6, 6.07) is 5.63. The molecule has 1 atom stereocenters. The van der Waals surface area contributed by atoms with Crippen molar-refractivity contribution in [2.75, 3.05) is 32.1 Å². The molecule has 2 aromatic rings. The Bertz CT molecular complexity index is 842. The van der Waals surface area contributed by atoms with Crippen molar-refractivity contribution in [3.05, 3.63) is 39.4 Å². The summed E-state index contributed by atoms with van der Waals surface area (Å²) in [6.07, 6.45) is 2.27. The Kier molecular flexibility index (Phi) is 7.40. The third kappa shape index (κ3) is 5.65. The van der Waals surface area contributed by atoms with Crippen LogP contribution in [0.1, 0.15) is 41.0 Å². The molecule has 7 nitrogen and oxygen atoms in total. The van der Waals surface area contributed by atoms with Gasteiger partial charge in [0.2, 0.25) is 0 Å². The zero-order chi connectivity index (χ0) is 20.8. The van der Waals surface area contributed by atoms with Gasteiger partial charge in [-0.15, -0.1) is 22.7 Å². The number of hydrogen-bond donors (Lipinski definition) is 2. The van der Waals surface area contributed by atoms with Crippen LogP contribution in [0.15, 0.2) is 29.0 Å². The average Bonchev–Trinajstić information content (AvgIpc) is 3.41. The minimum absolute atomic E-state index is 0.0620. The topological polar surface area (TPSA) is 87.7 Å². The standard InChI is InChI=1S/C20H25N3O4S2/c1-13-5-7-23(8-6-13)15(16-4-3-9-28-16)11-21-18(24)19(25)22-17-10-14(12-29-17)20(26)27-2/h3-4,9-10,12-13,15H,5-8,11H2,1-2H3,(H,21,24)(H,22,25). The minimum Gasteiger partial charge on any atom is -0.465 e.